The Morgan fingerprint density at radius 2 is 1.92 bits per heavy atom. The minimum Gasteiger partial charge on any atom is -0.280 e. The van der Waals surface area contributed by atoms with Gasteiger partial charge in [-0.15, -0.1) is 11.8 Å². The van der Waals surface area contributed by atoms with Gasteiger partial charge in [-0.25, -0.2) is 14.2 Å². The summed E-state index contributed by atoms with van der Waals surface area (Å²) in [5.41, 5.74) is 1.36. The van der Waals surface area contributed by atoms with Gasteiger partial charge in [0.15, 0.2) is 0 Å². The molecular formula is C19H20FN3O2S. The number of benzene rings is 1. The summed E-state index contributed by atoms with van der Waals surface area (Å²) in [6.07, 6.45) is 1.72. The summed E-state index contributed by atoms with van der Waals surface area (Å²) in [6, 6.07) is 6.41. The minimum atomic E-state index is -0.409. The lowest BCUT2D eigenvalue weighted by Crippen LogP contribution is -2.37. The second-order valence-electron chi connectivity index (χ2n) is 6.52. The van der Waals surface area contributed by atoms with Crippen LogP contribution in [0.15, 0.2) is 44.9 Å². The smallest absolute Gasteiger partial charge is 0.280 e. The van der Waals surface area contributed by atoms with Gasteiger partial charge in [0.05, 0.1) is 5.39 Å². The molecule has 0 unspecified atom stereocenters. The van der Waals surface area contributed by atoms with Crippen molar-refractivity contribution in [2.45, 2.75) is 30.4 Å². The number of hydrogen-bond acceptors (Lipinski definition) is 4. The summed E-state index contributed by atoms with van der Waals surface area (Å²) in [4.78, 5) is 30.2. The highest BCUT2D eigenvalue weighted by molar-refractivity contribution is 7.98. The molecule has 0 aliphatic rings. The third kappa shape index (κ3) is 3.19. The van der Waals surface area contributed by atoms with Crippen molar-refractivity contribution in [2.75, 3.05) is 0 Å². The fraction of sp³-hybridized carbons (Fsp3) is 0.316. The van der Waals surface area contributed by atoms with Gasteiger partial charge in [-0.1, -0.05) is 26.0 Å². The number of fused-ring (bicyclic) bond motifs is 1. The first-order chi connectivity index (χ1) is 12.3. The molecule has 0 spiro atoms. The van der Waals surface area contributed by atoms with Crippen LogP contribution in [0.25, 0.3) is 11.0 Å². The topological polar surface area (TPSA) is 56.9 Å². The Balaban J connectivity index is 2.22. The molecule has 0 atom stereocenters. The number of nitrogens with zero attached hydrogens (tertiary/aromatic N) is 3. The van der Waals surface area contributed by atoms with Crippen molar-refractivity contribution in [2.24, 2.45) is 14.1 Å². The molecule has 2 heterocycles. The molecular weight excluding hydrogens is 353 g/mol. The molecule has 0 aliphatic carbocycles. The van der Waals surface area contributed by atoms with Gasteiger partial charge in [0.1, 0.15) is 11.5 Å². The molecule has 0 saturated heterocycles. The van der Waals surface area contributed by atoms with Crippen molar-refractivity contribution < 1.29 is 4.39 Å². The molecule has 5 nitrogen and oxygen atoms in total. The highest BCUT2D eigenvalue weighted by Crippen LogP contribution is 2.34. The zero-order chi connectivity index (χ0) is 19.0. The van der Waals surface area contributed by atoms with Crippen molar-refractivity contribution in [1.82, 2.24) is 14.1 Å². The van der Waals surface area contributed by atoms with E-state index in [1.54, 1.807) is 19.3 Å². The van der Waals surface area contributed by atoms with Crippen LogP contribution < -0.4 is 11.2 Å². The SMILES string of the molecule is CC(C)c1cnc2c(c1SCc1cccc(F)c1)c(=O)n(C)c(=O)n2C. The first-order valence-electron chi connectivity index (χ1n) is 8.27. The number of rotatable bonds is 4. The van der Waals surface area contributed by atoms with Crippen LogP contribution in [-0.4, -0.2) is 14.1 Å². The van der Waals surface area contributed by atoms with E-state index in [9.17, 15) is 14.0 Å². The molecule has 3 rings (SSSR count). The molecule has 2 aromatic heterocycles. The Bertz CT molecular complexity index is 1100. The zero-order valence-electron chi connectivity index (χ0n) is 15.1. The van der Waals surface area contributed by atoms with Crippen LogP contribution >= 0.6 is 11.8 Å². The van der Waals surface area contributed by atoms with Gasteiger partial charge < -0.3 is 0 Å². The predicted octanol–water partition coefficient (Wildman–Crippen LogP) is 3.19. The maximum atomic E-state index is 13.5. The van der Waals surface area contributed by atoms with E-state index in [4.69, 9.17) is 0 Å². The Morgan fingerprint density at radius 3 is 2.58 bits per heavy atom. The minimum absolute atomic E-state index is 0.156. The fourth-order valence-electron chi connectivity index (χ4n) is 2.87. The van der Waals surface area contributed by atoms with Crippen molar-refractivity contribution >= 4 is 22.8 Å². The first-order valence-corrected chi connectivity index (χ1v) is 9.25. The summed E-state index contributed by atoms with van der Waals surface area (Å²) in [7, 11) is 3.07. The molecule has 7 heteroatoms. The Hall–Kier alpha value is -2.41. The number of pyridine rings is 1. The summed E-state index contributed by atoms with van der Waals surface area (Å²) >= 11 is 1.47. The summed E-state index contributed by atoms with van der Waals surface area (Å²) in [5, 5.41) is 0.433. The molecule has 0 radical (unpaired) electrons. The van der Waals surface area contributed by atoms with E-state index in [-0.39, 0.29) is 17.3 Å². The van der Waals surface area contributed by atoms with E-state index in [1.807, 2.05) is 19.9 Å². The quantitative estimate of drug-likeness (QED) is 0.659. The number of aromatic nitrogens is 3. The molecule has 3 aromatic rings. The van der Waals surface area contributed by atoms with Gasteiger partial charge in [0, 0.05) is 30.9 Å². The van der Waals surface area contributed by atoms with Crippen LogP contribution in [0.5, 0.6) is 0 Å². The molecule has 0 aliphatic heterocycles. The molecule has 0 amide bonds. The summed E-state index contributed by atoms with van der Waals surface area (Å²) < 4.78 is 15.9. The van der Waals surface area contributed by atoms with Crippen molar-refractivity contribution in [3.8, 4) is 0 Å². The normalized spacial score (nSPS) is 11.5. The van der Waals surface area contributed by atoms with Gasteiger partial charge in [-0.05, 0) is 29.2 Å². The van der Waals surface area contributed by atoms with Crippen LogP contribution in [0.1, 0.15) is 30.9 Å². The third-order valence-corrected chi connectivity index (χ3v) is 5.55. The van der Waals surface area contributed by atoms with E-state index < -0.39 is 5.69 Å². The van der Waals surface area contributed by atoms with E-state index >= 15 is 0 Å². The molecule has 136 valence electrons. The molecule has 0 bridgehead atoms. The number of hydrogen-bond donors (Lipinski definition) is 0. The average Bonchev–Trinajstić information content (AvgIpc) is 2.62. The summed E-state index contributed by atoms with van der Waals surface area (Å²) in [6.45, 7) is 4.06. The monoisotopic (exact) mass is 373 g/mol. The van der Waals surface area contributed by atoms with Gasteiger partial charge in [-0.2, -0.15) is 0 Å². The molecule has 0 saturated carbocycles. The van der Waals surface area contributed by atoms with E-state index in [0.717, 1.165) is 20.6 Å². The maximum absolute atomic E-state index is 13.5. The van der Waals surface area contributed by atoms with Crippen LogP contribution in [-0.2, 0) is 19.8 Å². The number of thioether (sulfide) groups is 1. The average molecular weight is 373 g/mol. The lowest BCUT2D eigenvalue weighted by molar-refractivity contribution is 0.626. The van der Waals surface area contributed by atoms with Crippen molar-refractivity contribution in [1.29, 1.82) is 0 Å². The lowest BCUT2D eigenvalue weighted by atomic mass is 10.0. The van der Waals surface area contributed by atoms with Gasteiger partial charge in [-0.3, -0.25) is 13.9 Å². The van der Waals surface area contributed by atoms with Crippen LogP contribution in [0.4, 0.5) is 4.39 Å². The molecule has 0 fully saturated rings. The second kappa shape index (κ2) is 7.07. The predicted molar refractivity (Wildman–Crippen MR) is 102 cm³/mol. The van der Waals surface area contributed by atoms with Crippen LogP contribution in [0.2, 0.25) is 0 Å². The standard InChI is InChI=1S/C19H20FN3O2S/c1-11(2)14-9-21-17-15(18(24)23(4)19(25)22(17)3)16(14)26-10-12-6-5-7-13(20)8-12/h5-9,11H,10H2,1-4H3. The molecule has 1 aromatic carbocycles. The van der Waals surface area contributed by atoms with Crippen LogP contribution in [0, 0.1) is 5.82 Å². The first kappa shape index (κ1) is 18.4. The Labute approximate surface area is 154 Å². The Morgan fingerprint density at radius 1 is 1.19 bits per heavy atom. The zero-order valence-corrected chi connectivity index (χ0v) is 15.9. The van der Waals surface area contributed by atoms with Crippen molar-refractivity contribution in [3.05, 3.63) is 68.2 Å². The largest absolute Gasteiger partial charge is 0.332 e. The van der Waals surface area contributed by atoms with Gasteiger partial charge >= 0.3 is 5.69 Å². The van der Waals surface area contributed by atoms with Gasteiger partial charge in [0.2, 0.25) is 0 Å². The van der Waals surface area contributed by atoms with Crippen molar-refractivity contribution in [3.63, 3.8) is 0 Å². The fourth-order valence-corrected chi connectivity index (χ4v) is 4.13. The maximum Gasteiger partial charge on any atom is 0.332 e. The van der Waals surface area contributed by atoms with E-state index in [1.165, 1.54) is 35.5 Å². The second-order valence-corrected chi connectivity index (χ2v) is 7.51. The molecule has 0 N–H and O–H groups in total. The highest BCUT2D eigenvalue weighted by Gasteiger charge is 2.19. The summed E-state index contributed by atoms with van der Waals surface area (Å²) in [5.74, 6) is 0.386. The van der Waals surface area contributed by atoms with Crippen LogP contribution in [0.3, 0.4) is 0 Å². The van der Waals surface area contributed by atoms with E-state index in [2.05, 4.69) is 4.98 Å². The lowest BCUT2D eigenvalue weighted by Gasteiger charge is -2.16. The third-order valence-electron chi connectivity index (χ3n) is 4.34. The number of halogens is 1. The highest BCUT2D eigenvalue weighted by atomic mass is 32.2. The Kier molecular flexibility index (Phi) is 5.00. The number of aryl methyl sites for hydroxylation is 1. The van der Waals surface area contributed by atoms with Gasteiger partial charge in [0.25, 0.3) is 5.56 Å². The molecule has 26 heavy (non-hydrogen) atoms. The van der Waals surface area contributed by atoms with E-state index in [0.29, 0.717) is 16.8 Å².